The van der Waals surface area contributed by atoms with E-state index in [1.807, 2.05) is 25.1 Å². The number of hydrogen-bond donors (Lipinski definition) is 1. The Morgan fingerprint density at radius 1 is 1.20 bits per heavy atom. The quantitative estimate of drug-likeness (QED) is 0.885. The Balaban J connectivity index is 2.12. The normalized spacial score (nSPS) is 12.2. The van der Waals surface area contributed by atoms with Crippen LogP contribution in [0.5, 0.6) is 11.5 Å². The van der Waals surface area contributed by atoms with E-state index in [9.17, 15) is 0 Å². The third kappa shape index (κ3) is 3.58. The fourth-order valence-electron chi connectivity index (χ4n) is 2.06. The molecule has 2 aromatic rings. The van der Waals surface area contributed by atoms with E-state index in [1.54, 1.807) is 6.20 Å². The maximum absolute atomic E-state index is 5.90. The summed E-state index contributed by atoms with van der Waals surface area (Å²) in [5.74, 6) is 1.66. The van der Waals surface area contributed by atoms with Crippen LogP contribution in [0.1, 0.15) is 36.7 Å². The van der Waals surface area contributed by atoms with E-state index < -0.39 is 0 Å². The molecule has 0 bridgehead atoms. The van der Waals surface area contributed by atoms with Gasteiger partial charge in [0.15, 0.2) is 0 Å². The smallest absolute Gasteiger partial charge is 0.145 e. The number of benzene rings is 1. The van der Waals surface area contributed by atoms with Crippen LogP contribution in [0.15, 0.2) is 36.5 Å². The molecule has 0 saturated carbocycles. The van der Waals surface area contributed by atoms with Gasteiger partial charge in [0.05, 0.1) is 11.9 Å². The Morgan fingerprint density at radius 2 is 2.00 bits per heavy atom. The molecule has 0 aliphatic rings. The summed E-state index contributed by atoms with van der Waals surface area (Å²) in [6.07, 6.45) is 1.78. The fourth-order valence-corrected chi connectivity index (χ4v) is 2.06. The van der Waals surface area contributed by atoms with Crippen molar-refractivity contribution in [2.45, 2.75) is 33.7 Å². The van der Waals surface area contributed by atoms with Crippen molar-refractivity contribution < 1.29 is 4.74 Å². The van der Waals surface area contributed by atoms with Gasteiger partial charge < -0.3 is 10.1 Å². The Morgan fingerprint density at radius 3 is 2.65 bits per heavy atom. The lowest BCUT2D eigenvalue weighted by molar-refractivity contribution is 0.474. The molecular weight excluding hydrogens is 248 g/mol. The van der Waals surface area contributed by atoms with Crippen molar-refractivity contribution in [1.82, 2.24) is 10.3 Å². The lowest BCUT2D eigenvalue weighted by Crippen LogP contribution is -2.18. The van der Waals surface area contributed by atoms with Gasteiger partial charge in [-0.1, -0.05) is 19.1 Å². The van der Waals surface area contributed by atoms with Gasteiger partial charge in [0, 0.05) is 6.04 Å². The highest BCUT2D eigenvalue weighted by atomic mass is 16.5. The molecule has 1 N–H and O–H groups in total. The standard InChI is InChI=1S/C17H22N2O/c1-5-18-14(4)16-9-8-15(11-19-16)20-17-10-12(2)6-7-13(17)3/h6-11,14,18H,5H2,1-4H3. The van der Waals surface area contributed by atoms with Crippen molar-refractivity contribution in [3.05, 3.63) is 53.3 Å². The van der Waals surface area contributed by atoms with Crippen molar-refractivity contribution >= 4 is 0 Å². The summed E-state index contributed by atoms with van der Waals surface area (Å²) < 4.78 is 5.90. The Hall–Kier alpha value is -1.87. The van der Waals surface area contributed by atoms with E-state index in [4.69, 9.17) is 4.74 Å². The number of nitrogens with zero attached hydrogens (tertiary/aromatic N) is 1. The maximum Gasteiger partial charge on any atom is 0.145 e. The van der Waals surface area contributed by atoms with Crippen LogP contribution < -0.4 is 10.1 Å². The fraction of sp³-hybridized carbons (Fsp3) is 0.353. The van der Waals surface area contributed by atoms with Crippen molar-refractivity contribution in [3.63, 3.8) is 0 Å². The molecule has 2 rings (SSSR count). The van der Waals surface area contributed by atoms with E-state index in [-0.39, 0.29) is 6.04 Å². The molecule has 1 atom stereocenters. The van der Waals surface area contributed by atoms with Crippen LogP contribution in [0, 0.1) is 13.8 Å². The highest BCUT2D eigenvalue weighted by Crippen LogP contribution is 2.26. The average Bonchev–Trinajstić information content (AvgIpc) is 2.44. The molecule has 0 aliphatic heterocycles. The highest BCUT2D eigenvalue weighted by Gasteiger charge is 2.06. The molecule has 0 spiro atoms. The molecule has 3 heteroatoms. The number of aromatic nitrogens is 1. The number of aryl methyl sites for hydroxylation is 2. The minimum atomic E-state index is 0.259. The number of rotatable bonds is 5. The Labute approximate surface area is 121 Å². The minimum Gasteiger partial charge on any atom is -0.455 e. The van der Waals surface area contributed by atoms with Gasteiger partial charge in [-0.05, 0) is 56.6 Å². The second-order valence-corrected chi connectivity index (χ2v) is 5.07. The molecule has 1 heterocycles. The van der Waals surface area contributed by atoms with E-state index in [0.717, 1.165) is 29.3 Å². The zero-order valence-electron chi connectivity index (χ0n) is 12.6. The van der Waals surface area contributed by atoms with Crippen LogP contribution in [-0.2, 0) is 0 Å². The summed E-state index contributed by atoms with van der Waals surface area (Å²) in [7, 11) is 0. The van der Waals surface area contributed by atoms with Gasteiger partial charge in [-0.3, -0.25) is 4.98 Å². The first kappa shape index (κ1) is 14.5. The summed E-state index contributed by atoms with van der Waals surface area (Å²) in [5.41, 5.74) is 3.34. The lowest BCUT2D eigenvalue weighted by atomic mass is 10.1. The van der Waals surface area contributed by atoms with E-state index in [2.05, 4.69) is 43.2 Å². The second kappa shape index (κ2) is 6.53. The molecular formula is C17H22N2O. The minimum absolute atomic E-state index is 0.259. The zero-order valence-corrected chi connectivity index (χ0v) is 12.6. The van der Waals surface area contributed by atoms with Crippen LogP contribution in [0.4, 0.5) is 0 Å². The summed E-state index contributed by atoms with van der Waals surface area (Å²) in [5, 5.41) is 3.34. The Bertz CT molecular complexity index is 564. The number of ether oxygens (including phenoxy) is 1. The topological polar surface area (TPSA) is 34.1 Å². The number of hydrogen-bond acceptors (Lipinski definition) is 3. The van der Waals surface area contributed by atoms with E-state index in [0.29, 0.717) is 0 Å². The van der Waals surface area contributed by atoms with Gasteiger partial charge in [0.25, 0.3) is 0 Å². The molecule has 1 aromatic carbocycles. The third-order valence-electron chi connectivity index (χ3n) is 3.28. The van der Waals surface area contributed by atoms with Gasteiger partial charge in [-0.25, -0.2) is 0 Å². The highest BCUT2D eigenvalue weighted by molar-refractivity contribution is 5.39. The Kier molecular flexibility index (Phi) is 4.74. The first-order chi connectivity index (χ1) is 9.60. The van der Waals surface area contributed by atoms with Crippen LogP contribution in [0.25, 0.3) is 0 Å². The van der Waals surface area contributed by atoms with Crippen molar-refractivity contribution in [3.8, 4) is 11.5 Å². The predicted octanol–water partition coefficient (Wildman–Crippen LogP) is 4.16. The monoisotopic (exact) mass is 270 g/mol. The summed E-state index contributed by atoms with van der Waals surface area (Å²) in [6.45, 7) is 9.24. The molecule has 0 saturated heterocycles. The molecule has 106 valence electrons. The molecule has 0 radical (unpaired) electrons. The van der Waals surface area contributed by atoms with Gasteiger partial charge in [-0.2, -0.15) is 0 Å². The van der Waals surface area contributed by atoms with Gasteiger partial charge >= 0.3 is 0 Å². The number of nitrogens with one attached hydrogen (secondary N) is 1. The first-order valence-electron chi connectivity index (χ1n) is 7.04. The van der Waals surface area contributed by atoms with Gasteiger partial charge in [-0.15, -0.1) is 0 Å². The second-order valence-electron chi connectivity index (χ2n) is 5.07. The van der Waals surface area contributed by atoms with E-state index in [1.165, 1.54) is 5.56 Å². The molecule has 3 nitrogen and oxygen atoms in total. The maximum atomic E-state index is 5.90. The largest absolute Gasteiger partial charge is 0.455 e. The van der Waals surface area contributed by atoms with Gasteiger partial charge in [0.2, 0.25) is 0 Å². The van der Waals surface area contributed by atoms with Crippen LogP contribution in [0.2, 0.25) is 0 Å². The van der Waals surface area contributed by atoms with Crippen LogP contribution in [-0.4, -0.2) is 11.5 Å². The summed E-state index contributed by atoms with van der Waals surface area (Å²) >= 11 is 0. The molecule has 1 aromatic heterocycles. The van der Waals surface area contributed by atoms with Gasteiger partial charge in [0.1, 0.15) is 11.5 Å². The number of pyridine rings is 1. The van der Waals surface area contributed by atoms with Crippen molar-refractivity contribution in [1.29, 1.82) is 0 Å². The van der Waals surface area contributed by atoms with E-state index >= 15 is 0 Å². The van der Waals surface area contributed by atoms with Crippen molar-refractivity contribution in [2.75, 3.05) is 6.54 Å². The average molecular weight is 270 g/mol. The third-order valence-corrected chi connectivity index (χ3v) is 3.28. The molecule has 20 heavy (non-hydrogen) atoms. The summed E-state index contributed by atoms with van der Waals surface area (Å²) in [6, 6.07) is 10.4. The SMILES string of the molecule is CCNC(C)c1ccc(Oc2cc(C)ccc2C)cn1. The molecule has 0 amide bonds. The van der Waals surface area contributed by atoms with Crippen molar-refractivity contribution in [2.24, 2.45) is 0 Å². The summed E-state index contributed by atoms with van der Waals surface area (Å²) in [4.78, 5) is 4.46. The first-order valence-corrected chi connectivity index (χ1v) is 7.04. The zero-order chi connectivity index (χ0) is 14.5. The molecule has 1 unspecified atom stereocenters. The van der Waals surface area contributed by atoms with Crippen LogP contribution in [0.3, 0.4) is 0 Å². The molecule has 0 aliphatic carbocycles. The van der Waals surface area contributed by atoms with Crippen LogP contribution >= 0.6 is 0 Å². The lowest BCUT2D eigenvalue weighted by Gasteiger charge is -2.13. The predicted molar refractivity (Wildman–Crippen MR) is 82.3 cm³/mol. The molecule has 0 fully saturated rings.